The van der Waals surface area contributed by atoms with Crippen molar-refractivity contribution in [1.82, 2.24) is 24.8 Å². The average Bonchev–Trinajstić information content (AvgIpc) is 3.48. The number of carbonyl (C=O) groups is 3. The number of aryl methyl sites for hydroxylation is 1. The molecular weight excluding hydrogens is 636 g/mol. The number of pyridine rings is 1. The van der Waals surface area contributed by atoms with Crippen LogP contribution in [0, 0.1) is 6.92 Å². The molecule has 14 nitrogen and oxygen atoms in total. The Morgan fingerprint density at radius 3 is 2.46 bits per heavy atom. The van der Waals surface area contributed by atoms with Gasteiger partial charge in [0.25, 0.3) is 0 Å². The van der Waals surface area contributed by atoms with E-state index in [1.807, 2.05) is 36.1 Å². The van der Waals surface area contributed by atoms with E-state index in [4.69, 9.17) is 14.6 Å². The van der Waals surface area contributed by atoms with Gasteiger partial charge in [-0.15, -0.1) is 0 Å². The lowest BCUT2D eigenvalue weighted by Gasteiger charge is -2.34. The summed E-state index contributed by atoms with van der Waals surface area (Å²) >= 11 is 1.40. The standard InChI is InChI=1S/C33H38N8O6S/c1-20-27(38-33(45)47-24-6-4-3-5-7-24)14-23(16-34-20)22-8-9-26-28(15-22)48-32(37-26)39-29(42)19-40-10-12-41(13-11-40)31-35-17-25(18-36-31)46-21(2)30(43)44/h8-9,14-18,21,24H,3-7,10-13,19H2,1-2H3,(H,38,45)(H,43,44)(H,37,39,42). The predicted octanol–water partition coefficient (Wildman–Crippen LogP) is 4.95. The van der Waals surface area contributed by atoms with Crippen molar-refractivity contribution < 1.29 is 29.0 Å². The van der Waals surface area contributed by atoms with Crippen LogP contribution in [0.5, 0.6) is 5.75 Å². The minimum Gasteiger partial charge on any atom is -0.479 e. The Kier molecular flexibility index (Phi) is 10.3. The molecule has 2 fully saturated rings. The van der Waals surface area contributed by atoms with E-state index in [-0.39, 0.29) is 24.3 Å². The smallest absolute Gasteiger partial charge is 0.411 e. The van der Waals surface area contributed by atoms with Crippen LogP contribution in [0.15, 0.2) is 42.9 Å². The fourth-order valence-electron chi connectivity index (χ4n) is 5.70. The number of amides is 2. The molecule has 1 unspecified atom stereocenters. The SMILES string of the molecule is Cc1ncc(-c2ccc3nc(NC(=O)CN4CCN(c5ncc(OC(C)C(=O)O)cn5)CC4)sc3c2)cc1NC(=O)OC1CCCCC1. The number of carboxylic acid groups (broad SMARTS) is 1. The summed E-state index contributed by atoms with van der Waals surface area (Å²) in [5.74, 6) is -0.399. The molecule has 1 saturated carbocycles. The first-order valence-electron chi connectivity index (χ1n) is 16.0. The van der Waals surface area contributed by atoms with E-state index < -0.39 is 18.2 Å². The number of carbonyl (C=O) groups excluding carboxylic acids is 2. The zero-order valence-electron chi connectivity index (χ0n) is 26.8. The van der Waals surface area contributed by atoms with Crippen LogP contribution >= 0.6 is 11.3 Å². The first-order chi connectivity index (χ1) is 23.2. The number of benzene rings is 1. The number of rotatable bonds is 10. The molecule has 252 valence electrons. The Bertz CT molecular complexity index is 1770. The van der Waals surface area contributed by atoms with Gasteiger partial charge in [-0.25, -0.2) is 24.5 Å². The monoisotopic (exact) mass is 674 g/mol. The normalized spacial score (nSPS) is 16.3. The third kappa shape index (κ3) is 8.33. The number of piperazine rings is 1. The Hall–Kier alpha value is -4.89. The Morgan fingerprint density at radius 1 is 0.979 bits per heavy atom. The highest BCUT2D eigenvalue weighted by atomic mass is 32.1. The van der Waals surface area contributed by atoms with Crippen molar-refractivity contribution in [2.24, 2.45) is 0 Å². The van der Waals surface area contributed by atoms with E-state index in [1.165, 1.54) is 37.1 Å². The van der Waals surface area contributed by atoms with E-state index in [2.05, 4.69) is 35.5 Å². The molecule has 2 aliphatic rings. The Balaban J connectivity index is 1.01. The molecule has 6 rings (SSSR count). The molecule has 1 aliphatic heterocycles. The number of nitrogens with one attached hydrogen (secondary N) is 2. The van der Waals surface area contributed by atoms with Crippen LogP contribution in [0.1, 0.15) is 44.7 Å². The van der Waals surface area contributed by atoms with Crippen molar-refractivity contribution in [3.05, 3.63) is 48.5 Å². The molecule has 0 bridgehead atoms. The highest BCUT2D eigenvalue weighted by molar-refractivity contribution is 7.22. The zero-order chi connectivity index (χ0) is 33.6. The van der Waals surface area contributed by atoms with Gasteiger partial charge in [-0.3, -0.25) is 20.0 Å². The van der Waals surface area contributed by atoms with Crippen molar-refractivity contribution >= 4 is 56.3 Å². The summed E-state index contributed by atoms with van der Waals surface area (Å²) in [5.41, 5.74) is 3.84. The van der Waals surface area contributed by atoms with Gasteiger partial charge in [-0.05, 0) is 63.3 Å². The molecule has 3 N–H and O–H groups in total. The quantitative estimate of drug-likeness (QED) is 0.207. The van der Waals surface area contributed by atoms with E-state index in [0.29, 0.717) is 48.6 Å². The molecule has 4 aromatic rings. The molecule has 0 spiro atoms. The highest BCUT2D eigenvalue weighted by Crippen LogP contribution is 2.32. The summed E-state index contributed by atoms with van der Waals surface area (Å²) in [6.07, 6.45) is 8.39. The van der Waals surface area contributed by atoms with Crippen LogP contribution in [0.4, 0.5) is 21.6 Å². The maximum absolute atomic E-state index is 12.9. The second-order valence-electron chi connectivity index (χ2n) is 12.0. The molecule has 1 aliphatic carbocycles. The average molecular weight is 675 g/mol. The summed E-state index contributed by atoms with van der Waals surface area (Å²) in [4.78, 5) is 58.3. The molecule has 1 aromatic carbocycles. The lowest BCUT2D eigenvalue weighted by atomic mass is 9.98. The van der Waals surface area contributed by atoms with Crippen molar-refractivity contribution in [2.75, 3.05) is 48.3 Å². The number of anilines is 3. The summed E-state index contributed by atoms with van der Waals surface area (Å²) in [5, 5.41) is 15.3. The number of hydrogen-bond acceptors (Lipinski definition) is 12. The van der Waals surface area contributed by atoms with E-state index in [0.717, 1.165) is 47.0 Å². The fraction of sp³-hybridized carbons (Fsp3) is 0.424. The number of fused-ring (bicyclic) bond motifs is 1. The van der Waals surface area contributed by atoms with E-state index in [9.17, 15) is 14.4 Å². The molecule has 15 heteroatoms. The van der Waals surface area contributed by atoms with Gasteiger partial charge in [0.1, 0.15) is 6.10 Å². The molecule has 1 atom stereocenters. The van der Waals surface area contributed by atoms with Crippen LogP contribution in [0.2, 0.25) is 0 Å². The van der Waals surface area contributed by atoms with Crippen molar-refractivity contribution in [3.63, 3.8) is 0 Å². The predicted molar refractivity (Wildman–Crippen MR) is 182 cm³/mol. The number of aromatic nitrogens is 4. The van der Waals surface area contributed by atoms with Gasteiger partial charge in [0.2, 0.25) is 11.9 Å². The molecule has 48 heavy (non-hydrogen) atoms. The molecule has 4 heterocycles. The van der Waals surface area contributed by atoms with Gasteiger partial charge in [0.05, 0.1) is 40.5 Å². The first kappa shape index (κ1) is 33.0. The van der Waals surface area contributed by atoms with Gasteiger partial charge < -0.3 is 24.8 Å². The molecule has 0 radical (unpaired) electrons. The summed E-state index contributed by atoms with van der Waals surface area (Å²) in [6.45, 7) is 6.08. The highest BCUT2D eigenvalue weighted by Gasteiger charge is 2.22. The van der Waals surface area contributed by atoms with Gasteiger partial charge in [0.15, 0.2) is 17.0 Å². The third-order valence-corrected chi connectivity index (χ3v) is 9.35. The van der Waals surface area contributed by atoms with Crippen LogP contribution < -0.4 is 20.3 Å². The number of hydrogen-bond donors (Lipinski definition) is 3. The largest absolute Gasteiger partial charge is 0.479 e. The number of nitrogens with zero attached hydrogens (tertiary/aromatic N) is 6. The topological polar surface area (TPSA) is 172 Å². The fourth-order valence-corrected chi connectivity index (χ4v) is 6.63. The van der Waals surface area contributed by atoms with E-state index >= 15 is 0 Å². The molecular formula is C33H38N8O6S. The second kappa shape index (κ2) is 14.9. The van der Waals surface area contributed by atoms with Crippen molar-refractivity contribution in [2.45, 2.75) is 58.2 Å². The molecule has 2 amide bonds. The van der Waals surface area contributed by atoms with E-state index in [1.54, 1.807) is 6.20 Å². The van der Waals surface area contributed by atoms with Crippen molar-refractivity contribution in [3.8, 4) is 16.9 Å². The van der Waals surface area contributed by atoms with Gasteiger partial charge in [-0.2, -0.15) is 0 Å². The second-order valence-corrected chi connectivity index (χ2v) is 13.0. The number of carboxylic acids is 1. The van der Waals surface area contributed by atoms with Crippen LogP contribution in [0.25, 0.3) is 21.3 Å². The van der Waals surface area contributed by atoms with Crippen LogP contribution in [-0.2, 0) is 14.3 Å². The third-order valence-electron chi connectivity index (χ3n) is 8.42. The Morgan fingerprint density at radius 2 is 1.73 bits per heavy atom. The van der Waals surface area contributed by atoms with Gasteiger partial charge >= 0.3 is 12.1 Å². The van der Waals surface area contributed by atoms with Gasteiger partial charge in [0, 0.05) is 37.9 Å². The Labute approximate surface area is 281 Å². The minimum atomic E-state index is -1.06. The zero-order valence-corrected chi connectivity index (χ0v) is 27.7. The number of thiazole rings is 1. The van der Waals surface area contributed by atoms with Gasteiger partial charge in [-0.1, -0.05) is 23.8 Å². The molecule has 1 saturated heterocycles. The summed E-state index contributed by atoms with van der Waals surface area (Å²) in [7, 11) is 0. The maximum atomic E-state index is 12.9. The minimum absolute atomic E-state index is 0.0340. The number of aliphatic carboxylic acids is 1. The van der Waals surface area contributed by atoms with Crippen molar-refractivity contribution in [1.29, 1.82) is 0 Å². The lowest BCUT2D eigenvalue weighted by Crippen LogP contribution is -2.49. The lowest BCUT2D eigenvalue weighted by molar-refractivity contribution is -0.144. The molecule has 3 aromatic heterocycles. The van der Waals surface area contributed by atoms with Crippen LogP contribution in [0.3, 0.4) is 0 Å². The maximum Gasteiger partial charge on any atom is 0.411 e. The summed E-state index contributed by atoms with van der Waals surface area (Å²) in [6, 6.07) is 7.76. The van der Waals surface area contributed by atoms with Crippen LogP contribution in [-0.4, -0.2) is 92.8 Å². The summed E-state index contributed by atoms with van der Waals surface area (Å²) < 4.78 is 11.8. The number of ether oxygens (including phenoxy) is 2. The first-order valence-corrected chi connectivity index (χ1v) is 16.9.